The highest BCUT2D eigenvalue weighted by Gasteiger charge is 2.26. The van der Waals surface area contributed by atoms with E-state index in [-0.39, 0.29) is 0 Å². The van der Waals surface area contributed by atoms with Crippen molar-refractivity contribution in [3.8, 4) is 0 Å². The van der Waals surface area contributed by atoms with Crippen LogP contribution in [0.5, 0.6) is 0 Å². The number of imidazole rings is 1. The van der Waals surface area contributed by atoms with Gasteiger partial charge in [-0.05, 0) is 37.1 Å². The van der Waals surface area contributed by atoms with Gasteiger partial charge in [0.05, 0.1) is 26.3 Å². The van der Waals surface area contributed by atoms with E-state index in [1.54, 1.807) is 0 Å². The molecule has 2 fully saturated rings. The molecule has 2 aliphatic heterocycles. The molecule has 0 atom stereocenters. The standard InChI is InChI=1S/C22H25N7O/c1-2-16(1)19-13-20(26-25-19)24-22-15-28(14-21-23-7-8-29(21)22)18-5-3-17(4-6-18)27-9-11-30-12-10-27/h3-8,13,16H,1-2,9-12,14-15H2,(H,25,26). The average Bonchev–Trinajstić information content (AvgIpc) is 3.35. The predicted molar refractivity (Wildman–Crippen MR) is 116 cm³/mol. The van der Waals surface area contributed by atoms with Crippen molar-refractivity contribution in [3.05, 3.63) is 54.2 Å². The van der Waals surface area contributed by atoms with Crippen molar-refractivity contribution in [1.82, 2.24) is 19.7 Å². The minimum atomic E-state index is 0.642. The molecule has 4 heterocycles. The Hall–Kier alpha value is -3.13. The fourth-order valence-electron chi connectivity index (χ4n) is 4.25. The highest BCUT2D eigenvalue weighted by atomic mass is 16.5. The topological polar surface area (TPSA) is 74.6 Å². The Morgan fingerprint density at radius 1 is 1.00 bits per heavy atom. The smallest absolute Gasteiger partial charge is 0.175 e. The van der Waals surface area contributed by atoms with Crippen LogP contribution in [-0.4, -0.2) is 58.4 Å². The monoisotopic (exact) mass is 403 g/mol. The first kappa shape index (κ1) is 17.7. The highest BCUT2D eigenvalue weighted by molar-refractivity contribution is 5.92. The number of fused-ring (bicyclic) bond motifs is 1. The van der Waals surface area contributed by atoms with Gasteiger partial charge < -0.3 is 14.5 Å². The third-order valence-electron chi connectivity index (χ3n) is 6.10. The molecule has 154 valence electrons. The number of aromatic amines is 1. The van der Waals surface area contributed by atoms with Crippen molar-refractivity contribution >= 4 is 23.0 Å². The molecule has 1 N–H and O–H groups in total. The van der Waals surface area contributed by atoms with E-state index in [4.69, 9.17) is 9.73 Å². The van der Waals surface area contributed by atoms with Gasteiger partial charge in [-0.2, -0.15) is 5.10 Å². The lowest BCUT2D eigenvalue weighted by Gasteiger charge is -2.32. The van der Waals surface area contributed by atoms with Gasteiger partial charge in [-0.25, -0.2) is 9.98 Å². The number of hydrogen-bond donors (Lipinski definition) is 1. The van der Waals surface area contributed by atoms with Crippen LogP contribution in [0, 0.1) is 0 Å². The summed E-state index contributed by atoms with van der Waals surface area (Å²) in [5.41, 5.74) is 3.62. The zero-order valence-electron chi connectivity index (χ0n) is 16.9. The number of rotatable bonds is 4. The number of nitrogens with zero attached hydrogens (tertiary/aromatic N) is 6. The molecule has 1 saturated heterocycles. The molecule has 0 spiro atoms. The normalized spacial score (nSPS) is 20.6. The number of hydrogen-bond acceptors (Lipinski definition) is 6. The first-order valence-electron chi connectivity index (χ1n) is 10.7. The van der Waals surface area contributed by atoms with Crippen LogP contribution in [-0.2, 0) is 11.3 Å². The lowest BCUT2D eigenvalue weighted by Crippen LogP contribution is -2.39. The zero-order chi connectivity index (χ0) is 19.9. The average molecular weight is 403 g/mol. The van der Waals surface area contributed by atoms with Crippen molar-refractivity contribution in [3.63, 3.8) is 0 Å². The van der Waals surface area contributed by atoms with E-state index in [0.29, 0.717) is 12.5 Å². The molecule has 0 amide bonds. The molecule has 8 nitrogen and oxygen atoms in total. The summed E-state index contributed by atoms with van der Waals surface area (Å²) in [5, 5.41) is 7.56. The van der Waals surface area contributed by atoms with Crippen LogP contribution in [0.25, 0.3) is 0 Å². The van der Waals surface area contributed by atoms with E-state index in [9.17, 15) is 0 Å². The molecule has 0 bridgehead atoms. The fourth-order valence-corrected chi connectivity index (χ4v) is 4.25. The van der Waals surface area contributed by atoms with Crippen LogP contribution in [0.1, 0.15) is 30.3 Å². The van der Waals surface area contributed by atoms with E-state index in [1.807, 2.05) is 12.4 Å². The van der Waals surface area contributed by atoms with Crippen molar-refractivity contribution < 1.29 is 4.74 Å². The molecule has 3 aromatic rings. The summed E-state index contributed by atoms with van der Waals surface area (Å²) in [4.78, 5) is 14.1. The summed E-state index contributed by atoms with van der Waals surface area (Å²) in [5.74, 6) is 3.33. The minimum Gasteiger partial charge on any atom is -0.378 e. The van der Waals surface area contributed by atoms with Gasteiger partial charge in [0.1, 0.15) is 11.7 Å². The first-order valence-corrected chi connectivity index (χ1v) is 10.7. The molecular formula is C22H25N7O. The molecule has 8 heteroatoms. The molecule has 6 rings (SSSR count). The molecule has 30 heavy (non-hydrogen) atoms. The summed E-state index contributed by atoms with van der Waals surface area (Å²) in [6.07, 6.45) is 6.33. The number of anilines is 2. The van der Waals surface area contributed by atoms with Gasteiger partial charge in [-0.3, -0.25) is 9.67 Å². The Kier molecular flexibility index (Phi) is 4.30. The van der Waals surface area contributed by atoms with E-state index in [2.05, 4.69) is 59.9 Å². The van der Waals surface area contributed by atoms with Gasteiger partial charge in [0.2, 0.25) is 0 Å². The van der Waals surface area contributed by atoms with Gasteiger partial charge in [0.15, 0.2) is 5.82 Å². The maximum absolute atomic E-state index is 5.46. The summed E-state index contributed by atoms with van der Waals surface area (Å²) in [6.45, 7) is 4.97. The molecule has 0 radical (unpaired) electrons. The number of benzene rings is 1. The second-order valence-electron chi connectivity index (χ2n) is 8.17. The third kappa shape index (κ3) is 3.37. The number of aliphatic imine (C=N–C) groups is 1. The summed E-state index contributed by atoms with van der Waals surface area (Å²) >= 11 is 0. The highest BCUT2D eigenvalue weighted by Crippen LogP contribution is 2.39. The Labute approximate surface area is 175 Å². The largest absolute Gasteiger partial charge is 0.378 e. The first-order chi connectivity index (χ1) is 14.8. The molecule has 1 saturated carbocycles. The summed E-state index contributed by atoms with van der Waals surface area (Å²) < 4.78 is 7.55. The van der Waals surface area contributed by atoms with Crippen molar-refractivity contribution in [2.24, 2.45) is 4.99 Å². The summed E-state index contributed by atoms with van der Waals surface area (Å²) in [6, 6.07) is 10.9. The molecular weight excluding hydrogens is 378 g/mol. The van der Waals surface area contributed by atoms with Crippen molar-refractivity contribution in [2.75, 3.05) is 42.6 Å². The number of aromatic nitrogens is 4. The van der Waals surface area contributed by atoms with Crippen LogP contribution in [0.3, 0.4) is 0 Å². The number of ether oxygens (including phenoxy) is 1. The van der Waals surface area contributed by atoms with Gasteiger partial charge >= 0.3 is 0 Å². The maximum atomic E-state index is 5.46. The molecule has 3 aliphatic rings. The van der Waals surface area contributed by atoms with Gasteiger partial charge in [-0.1, -0.05) is 0 Å². The lowest BCUT2D eigenvalue weighted by molar-refractivity contribution is 0.122. The van der Waals surface area contributed by atoms with Gasteiger partial charge in [0, 0.05) is 54.5 Å². The Balaban J connectivity index is 1.26. The van der Waals surface area contributed by atoms with Crippen LogP contribution >= 0.6 is 0 Å². The Morgan fingerprint density at radius 3 is 2.53 bits per heavy atom. The quantitative estimate of drug-likeness (QED) is 0.725. The number of H-pyrrole nitrogens is 1. The van der Waals surface area contributed by atoms with E-state index in [0.717, 1.165) is 50.3 Å². The Bertz CT molecular complexity index is 1060. The van der Waals surface area contributed by atoms with Gasteiger partial charge in [-0.15, -0.1) is 0 Å². The van der Waals surface area contributed by atoms with E-state index in [1.165, 1.54) is 29.9 Å². The lowest BCUT2D eigenvalue weighted by atomic mass is 10.2. The number of nitrogens with one attached hydrogen (secondary N) is 1. The fraction of sp³-hybridized carbons (Fsp3) is 0.409. The van der Waals surface area contributed by atoms with Crippen LogP contribution in [0.2, 0.25) is 0 Å². The van der Waals surface area contributed by atoms with E-state index < -0.39 is 0 Å². The molecule has 0 unspecified atom stereocenters. The van der Waals surface area contributed by atoms with Crippen molar-refractivity contribution in [1.29, 1.82) is 0 Å². The SMILES string of the molecule is c1cn2c(n1)CN(c1ccc(N3CCOCC3)cc1)CC2=Nc1cc(C2CC2)[nH]n1. The van der Waals surface area contributed by atoms with Crippen LogP contribution < -0.4 is 9.80 Å². The summed E-state index contributed by atoms with van der Waals surface area (Å²) in [7, 11) is 0. The zero-order valence-corrected chi connectivity index (χ0v) is 16.9. The number of morpholine rings is 1. The molecule has 1 aromatic carbocycles. The van der Waals surface area contributed by atoms with Crippen molar-refractivity contribution in [2.45, 2.75) is 25.3 Å². The molecule has 2 aromatic heterocycles. The minimum absolute atomic E-state index is 0.642. The van der Waals surface area contributed by atoms with Crippen LogP contribution in [0.4, 0.5) is 17.2 Å². The maximum Gasteiger partial charge on any atom is 0.175 e. The van der Waals surface area contributed by atoms with Crippen LogP contribution in [0.15, 0.2) is 47.7 Å². The van der Waals surface area contributed by atoms with Gasteiger partial charge in [0.25, 0.3) is 0 Å². The second-order valence-corrected chi connectivity index (χ2v) is 8.17. The Morgan fingerprint density at radius 2 is 1.77 bits per heavy atom. The molecule has 1 aliphatic carbocycles. The third-order valence-corrected chi connectivity index (χ3v) is 6.10. The predicted octanol–water partition coefficient (Wildman–Crippen LogP) is 2.92. The van der Waals surface area contributed by atoms with E-state index >= 15 is 0 Å². The second kappa shape index (κ2) is 7.28.